The smallest absolute Gasteiger partial charge is 0.305 e. The van der Waals surface area contributed by atoms with Crippen molar-refractivity contribution in [1.29, 1.82) is 0 Å². The fraction of sp³-hybridized carbons (Fsp3) is 0.480. The number of benzene rings is 1. The van der Waals surface area contributed by atoms with Crippen LogP contribution in [0, 0.1) is 0 Å². The van der Waals surface area contributed by atoms with Gasteiger partial charge >= 0.3 is 5.97 Å². The first-order valence-corrected chi connectivity index (χ1v) is 11.6. The Labute approximate surface area is 193 Å². The van der Waals surface area contributed by atoms with E-state index in [4.69, 9.17) is 26.1 Å². The number of rotatable bonds is 9. The molecule has 2 atom stereocenters. The van der Waals surface area contributed by atoms with E-state index in [0.717, 1.165) is 29.7 Å². The molecule has 170 valence electrons. The van der Waals surface area contributed by atoms with E-state index in [0.29, 0.717) is 29.7 Å². The average Bonchev–Trinajstić information content (AvgIpc) is 3.57. The van der Waals surface area contributed by atoms with Crippen molar-refractivity contribution in [3.63, 3.8) is 0 Å². The van der Waals surface area contributed by atoms with E-state index < -0.39 is 0 Å². The Morgan fingerprint density at radius 1 is 1.22 bits per heavy atom. The zero-order chi connectivity index (χ0) is 22.7. The summed E-state index contributed by atoms with van der Waals surface area (Å²) in [7, 11) is 3.05. The number of aromatic nitrogens is 1. The minimum Gasteiger partial charge on any atom is -0.481 e. The first kappa shape index (κ1) is 22.6. The molecule has 1 unspecified atom stereocenters. The summed E-state index contributed by atoms with van der Waals surface area (Å²) < 4.78 is 10.3. The van der Waals surface area contributed by atoms with E-state index in [9.17, 15) is 9.59 Å². The van der Waals surface area contributed by atoms with Crippen LogP contribution >= 0.6 is 11.6 Å². The van der Waals surface area contributed by atoms with Crippen LogP contribution < -0.4 is 10.1 Å². The lowest BCUT2D eigenvalue weighted by molar-refractivity contribution is -0.140. The highest BCUT2D eigenvalue weighted by Gasteiger charge is 2.30. The molecule has 0 radical (unpaired) electrons. The monoisotopic (exact) mass is 456 g/mol. The summed E-state index contributed by atoms with van der Waals surface area (Å²) in [4.78, 5) is 28.2. The first-order valence-electron chi connectivity index (χ1n) is 11.2. The Bertz CT molecular complexity index is 1010. The lowest BCUT2D eigenvalue weighted by atomic mass is 9.87. The van der Waals surface area contributed by atoms with Crippen LogP contribution in [-0.2, 0) is 20.7 Å². The van der Waals surface area contributed by atoms with Crippen molar-refractivity contribution < 1.29 is 19.1 Å². The predicted octanol–water partition coefficient (Wildman–Crippen LogP) is 4.53. The van der Waals surface area contributed by atoms with Gasteiger partial charge in [0.2, 0.25) is 11.8 Å². The minimum atomic E-state index is -0.257. The van der Waals surface area contributed by atoms with Gasteiger partial charge in [-0.25, -0.2) is 4.98 Å². The van der Waals surface area contributed by atoms with Gasteiger partial charge in [0.05, 0.1) is 19.9 Å². The molecule has 32 heavy (non-hydrogen) atoms. The largest absolute Gasteiger partial charge is 0.481 e. The SMILES string of the molecule is COC(=O)CCc1ccc(C(C[C@H]2CCC(=O)N2)c2ccc(C3CC3)c(OC)n2)cc1Cl. The maximum atomic E-state index is 11.8. The summed E-state index contributed by atoms with van der Waals surface area (Å²) in [6, 6.07) is 10.3. The number of hydrogen-bond acceptors (Lipinski definition) is 5. The molecule has 6 nitrogen and oxygen atoms in total. The number of amides is 1. The fourth-order valence-corrected chi connectivity index (χ4v) is 4.70. The molecule has 1 amide bonds. The molecule has 2 aromatic rings. The van der Waals surface area contributed by atoms with Gasteiger partial charge in [-0.2, -0.15) is 0 Å². The maximum Gasteiger partial charge on any atom is 0.305 e. The fourth-order valence-electron chi connectivity index (χ4n) is 4.42. The molecule has 2 fully saturated rings. The van der Waals surface area contributed by atoms with Crippen LogP contribution in [0.25, 0.3) is 0 Å². The standard InChI is InChI=1S/C25H29ClN2O4/c1-31-24(30)12-7-16-5-6-17(13-21(16)26)20(14-18-8-11-23(29)27-18)22-10-9-19(15-3-4-15)25(28-22)32-2/h5-6,9-10,13,15,18,20H,3-4,7-8,11-12,14H2,1-2H3,(H,27,29)/t18-,20?/m1/s1. The van der Waals surface area contributed by atoms with E-state index in [1.807, 2.05) is 18.2 Å². The topological polar surface area (TPSA) is 77.5 Å². The molecular weight excluding hydrogens is 428 g/mol. The van der Waals surface area contributed by atoms with Crippen molar-refractivity contribution >= 4 is 23.5 Å². The van der Waals surface area contributed by atoms with E-state index >= 15 is 0 Å². The second kappa shape index (κ2) is 9.90. The number of esters is 1. The summed E-state index contributed by atoms with van der Waals surface area (Å²) in [5.74, 6) is 1.04. The lowest BCUT2D eigenvalue weighted by Gasteiger charge is -2.23. The van der Waals surface area contributed by atoms with Gasteiger partial charge in [-0.05, 0) is 61.3 Å². The highest BCUT2D eigenvalue weighted by molar-refractivity contribution is 6.31. The molecule has 7 heteroatoms. The molecule has 2 aliphatic rings. The second-order valence-electron chi connectivity index (χ2n) is 8.63. The molecular formula is C25H29ClN2O4. The van der Waals surface area contributed by atoms with Crippen LogP contribution in [0.2, 0.25) is 5.02 Å². The third-order valence-electron chi connectivity index (χ3n) is 6.39. The number of pyridine rings is 1. The molecule has 0 spiro atoms. The molecule has 1 aliphatic heterocycles. The number of nitrogens with zero attached hydrogens (tertiary/aromatic N) is 1. The van der Waals surface area contributed by atoms with Gasteiger partial charge in [-0.15, -0.1) is 0 Å². The van der Waals surface area contributed by atoms with Crippen molar-refractivity contribution in [1.82, 2.24) is 10.3 Å². The quantitative estimate of drug-likeness (QED) is 0.561. The highest BCUT2D eigenvalue weighted by Crippen LogP contribution is 2.44. The van der Waals surface area contributed by atoms with Crippen LogP contribution in [0.1, 0.15) is 72.7 Å². The zero-order valence-corrected chi connectivity index (χ0v) is 19.3. The Morgan fingerprint density at radius 3 is 2.66 bits per heavy atom. The third-order valence-corrected chi connectivity index (χ3v) is 6.74. The molecule has 1 saturated carbocycles. The number of nitrogens with one attached hydrogen (secondary N) is 1. The van der Waals surface area contributed by atoms with Gasteiger partial charge in [0.25, 0.3) is 0 Å². The van der Waals surface area contributed by atoms with Crippen molar-refractivity contribution in [2.45, 2.75) is 62.8 Å². The van der Waals surface area contributed by atoms with Gasteiger partial charge in [0.15, 0.2) is 0 Å². The number of hydrogen-bond donors (Lipinski definition) is 1. The van der Waals surface area contributed by atoms with Crippen LogP contribution in [0.4, 0.5) is 0 Å². The summed E-state index contributed by atoms with van der Waals surface area (Å²) in [6.07, 6.45) is 5.28. The summed E-state index contributed by atoms with van der Waals surface area (Å²) >= 11 is 6.59. The van der Waals surface area contributed by atoms with E-state index in [2.05, 4.69) is 17.4 Å². The Balaban J connectivity index is 1.63. The zero-order valence-electron chi connectivity index (χ0n) is 18.5. The van der Waals surface area contributed by atoms with Crippen LogP contribution in [0.15, 0.2) is 30.3 Å². The van der Waals surface area contributed by atoms with E-state index in [-0.39, 0.29) is 30.3 Å². The number of aryl methyl sites for hydroxylation is 1. The Morgan fingerprint density at radius 2 is 2.03 bits per heavy atom. The number of halogens is 1. The van der Waals surface area contributed by atoms with E-state index in [1.165, 1.54) is 25.5 Å². The van der Waals surface area contributed by atoms with Gasteiger partial charge in [0, 0.05) is 35.4 Å². The molecule has 4 rings (SSSR count). The Kier molecular flexibility index (Phi) is 6.99. The molecule has 1 aromatic heterocycles. The molecule has 1 saturated heterocycles. The second-order valence-corrected chi connectivity index (χ2v) is 9.03. The molecule has 1 aliphatic carbocycles. The number of methoxy groups -OCH3 is 2. The average molecular weight is 457 g/mol. The van der Waals surface area contributed by atoms with Gasteiger partial charge in [-0.3, -0.25) is 9.59 Å². The molecule has 0 bridgehead atoms. The molecule has 2 heterocycles. The molecule has 1 N–H and O–H groups in total. The van der Waals surface area contributed by atoms with Gasteiger partial charge in [-0.1, -0.05) is 29.8 Å². The van der Waals surface area contributed by atoms with Gasteiger partial charge < -0.3 is 14.8 Å². The normalized spacial score (nSPS) is 18.8. The summed E-state index contributed by atoms with van der Waals surface area (Å²) in [5.41, 5.74) is 4.01. The van der Waals surface area contributed by atoms with Crippen LogP contribution in [0.3, 0.4) is 0 Å². The number of carbonyl (C=O) groups is 2. The summed E-state index contributed by atoms with van der Waals surface area (Å²) in [6.45, 7) is 0. The maximum absolute atomic E-state index is 11.8. The summed E-state index contributed by atoms with van der Waals surface area (Å²) in [5, 5.41) is 3.69. The van der Waals surface area contributed by atoms with Gasteiger partial charge in [0.1, 0.15) is 0 Å². The Hall–Kier alpha value is -2.60. The third kappa shape index (κ3) is 5.23. The first-order chi connectivity index (χ1) is 15.5. The van der Waals surface area contributed by atoms with Crippen molar-refractivity contribution in [3.05, 3.63) is 57.7 Å². The predicted molar refractivity (Wildman–Crippen MR) is 122 cm³/mol. The number of carbonyl (C=O) groups excluding carboxylic acids is 2. The van der Waals surface area contributed by atoms with Crippen LogP contribution in [-0.4, -0.2) is 37.1 Å². The van der Waals surface area contributed by atoms with Crippen molar-refractivity contribution in [3.8, 4) is 5.88 Å². The number of ether oxygens (including phenoxy) is 2. The van der Waals surface area contributed by atoms with Crippen LogP contribution in [0.5, 0.6) is 5.88 Å². The highest BCUT2D eigenvalue weighted by atomic mass is 35.5. The van der Waals surface area contributed by atoms with Crippen molar-refractivity contribution in [2.75, 3.05) is 14.2 Å². The van der Waals surface area contributed by atoms with E-state index in [1.54, 1.807) is 7.11 Å². The van der Waals surface area contributed by atoms with Crippen molar-refractivity contribution in [2.24, 2.45) is 0 Å². The minimum absolute atomic E-state index is 0.0345. The lowest BCUT2D eigenvalue weighted by Crippen LogP contribution is -2.27. The molecule has 1 aromatic carbocycles.